The minimum atomic E-state index is -0.716. The number of benzene rings is 1. The Morgan fingerprint density at radius 1 is 1.38 bits per heavy atom. The average Bonchev–Trinajstić information content (AvgIpc) is 2.26. The molecule has 0 fully saturated rings. The molecule has 3 N–H and O–H groups in total. The Balaban J connectivity index is 2.58. The Bertz CT molecular complexity index is 329. The first-order valence-electron chi connectivity index (χ1n) is 4.90. The van der Waals surface area contributed by atoms with E-state index in [9.17, 15) is 4.79 Å². The molecule has 2 atom stereocenters. The van der Waals surface area contributed by atoms with Crippen molar-refractivity contribution in [3.63, 3.8) is 0 Å². The Morgan fingerprint density at radius 3 is 2.50 bits per heavy atom. The lowest BCUT2D eigenvalue weighted by atomic mass is 10.3. The molecule has 0 aliphatic carbocycles. The molecule has 0 saturated heterocycles. The highest BCUT2D eigenvalue weighted by Gasteiger charge is 2.19. The van der Waals surface area contributed by atoms with Crippen molar-refractivity contribution in [1.82, 2.24) is 5.32 Å². The lowest BCUT2D eigenvalue weighted by molar-refractivity contribution is -0.125. The van der Waals surface area contributed by atoms with Crippen molar-refractivity contribution in [2.75, 3.05) is 7.11 Å². The molecule has 0 bridgehead atoms. The van der Waals surface area contributed by atoms with Crippen LogP contribution in [0.15, 0.2) is 30.3 Å². The van der Waals surface area contributed by atoms with Gasteiger partial charge in [-0.15, -0.1) is 0 Å². The molecule has 0 heterocycles. The number of ether oxygens (including phenoxy) is 2. The number of methoxy groups -OCH3 is 1. The van der Waals surface area contributed by atoms with Gasteiger partial charge in [-0.1, -0.05) is 18.2 Å². The second-order valence-corrected chi connectivity index (χ2v) is 3.26. The van der Waals surface area contributed by atoms with E-state index < -0.39 is 12.5 Å². The van der Waals surface area contributed by atoms with Gasteiger partial charge in [0.05, 0.1) is 0 Å². The summed E-state index contributed by atoms with van der Waals surface area (Å²) >= 11 is 0. The molecule has 0 aliphatic rings. The molecule has 0 aromatic heterocycles. The van der Waals surface area contributed by atoms with E-state index in [2.05, 4.69) is 5.32 Å². The average molecular weight is 224 g/mol. The molecule has 1 aromatic carbocycles. The van der Waals surface area contributed by atoms with Crippen LogP contribution >= 0.6 is 0 Å². The fourth-order valence-corrected chi connectivity index (χ4v) is 1.20. The number of hydrogen-bond acceptors (Lipinski definition) is 4. The maximum atomic E-state index is 10.8. The molecule has 2 unspecified atom stereocenters. The Labute approximate surface area is 94.5 Å². The van der Waals surface area contributed by atoms with Gasteiger partial charge in [-0.3, -0.25) is 4.79 Å². The zero-order valence-corrected chi connectivity index (χ0v) is 9.34. The maximum absolute atomic E-state index is 10.8. The van der Waals surface area contributed by atoms with E-state index in [0.717, 1.165) is 0 Å². The summed E-state index contributed by atoms with van der Waals surface area (Å²) in [6, 6.07) is 9.12. The van der Waals surface area contributed by atoms with Crippen LogP contribution in [0.2, 0.25) is 0 Å². The Kier molecular flexibility index (Phi) is 4.75. The first-order chi connectivity index (χ1) is 7.63. The first-order valence-corrected chi connectivity index (χ1v) is 4.90. The Hall–Kier alpha value is -1.59. The van der Waals surface area contributed by atoms with E-state index in [1.807, 2.05) is 18.2 Å². The molecule has 1 amide bonds. The number of nitrogens with two attached hydrogens (primary N) is 1. The monoisotopic (exact) mass is 224 g/mol. The van der Waals surface area contributed by atoms with E-state index in [0.29, 0.717) is 5.75 Å². The summed E-state index contributed by atoms with van der Waals surface area (Å²) in [5, 5.41) is 2.50. The highest BCUT2D eigenvalue weighted by molar-refractivity contribution is 5.73. The summed E-state index contributed by atoms with van der Waals surface area (Å²) in [4.78, 5) is 10.8. The van der Waals surface area contributed by atoms with E-state index >= 15 is 0 Å². The van der Waals surface area contributed by atoms with Crippen LogP contribution < -0.4 is 15.8 Å². The van der Waals surface area contributed by atoms with Crippen LogP contribution in [0.4, 0.5) is 0 Å². The van der Waals surface area contributed by atoms with E-state index in [1.54, 1.807) is 12.1 Å². The normalized spacial score (nSPS) is 13.9. The molecule has 0 aliphatic heterocycles. The molecule has 88 valence electrons. The molecular formula is C11H16N2O3. The number of para-hydroxylation sites is 1. The largest absolute Gasteiger partial charge is 0.461 e. The fraction of sp³-hybridized carbons (Fsp3) is 0.364. The zero-order valence-electron chi connectivity index (χ0n) is 9.34. The third-order valence-corrected chi connectivity index (χ3v) is 1.89. The van der Waals surface area contributed by atoms with Gasteiger partial charge in [-0.25, -0.2) is 0 Å². The summed E-state index contributed by atoms with van der Waals surface area (Å²) < 4.78 is 10.5. The molecule has 0 spiro atoms. The van der Waals surface area contributed by atoms with E-state index in [1.165, 1.54) is 14.0 Å². The van der Waals surface area contributed by atoms with Crippen LogP contribution in [-0.4, -0.2) is 25.5 Å². The molecule has 5 nitrogen and oxygen atoms in total. The van der Waals surface area contributed by atoms with Gasteiger partial charge in [-0.2, -0.15) is 0 Å². The van der Waals surface area contributed by atoms with E-state index in [4.69, 9.17) is 15.2 Å². The minimum Gasteiger partial charge on any atom is -0.461 e. The molecule has 1 rings (SSSR count). The van der Waals surface area contributed by atoms with Gasteiger partial charge < -0.3 is 20.5 Å². The van der Waals surface area contributed by atoms with Crippen LogP contribution in [0.5, 0.6) is 5.75 Å². The zero-order chi connectivity index (χ0) is 12.0. The topological polar surface area (TPSA) is 73.6 Å². The number of amides is 1. The second kappa shape index (κ2) is 6.09. The number of rotatable bonds is 5. The smallest absolute Gasteiger partial charge is 0.233 e. The summed E-state index contributed by atoms with van der Waals surface area (Å²) in [6.07, 6.45) is -1.42. The van der Waals surface area contributed by atoms with E-state index in [-0.39, 0.29) is 5.91 Å². The lowest BCUT2D eigenvalue weighted by Crippen LogP contribution is -2.52. The van der Waals surface area contributed by atoms with Crippen LogP contribution in [0.1, 0.15) is 6.92 Å². The number of carbonyl (C=O) groups excluding carboxylic acids is 1. The number of nitrogens with one attached hydrogen (secondary N) is 1. The lowest BCUT2D eigenvalue weighted by Gasteiger charge is -2.23. The molecule has 16 heavy (non-hydrogen) atoms. The van der Waals surface area contributed by atoms with Crippen LogP contribution in [0, 0.1) is 0 Å². The number of hydrogen-bond donors (Lipinski definition) is 2. The van der Waals surface area contributed by atoms with Gasteiger partial charge in [-0.05, 0) is 12.1 Å². The van der Waals surface area contributed by atoms with Gasteiger partial charge in [0.25, 0.3) is 0 Å². The molecule has 0 radical (unpaired) electrons. The molecule has 1 aromatic rings. The summed E-state index contributed by atoms with van der Waals surface area (Å²) in [5.74, 6) is 0.404. The number of carbonyl (C=O) groups is 1. The van der Waals surface area contributed by atoms with Crippen molar-refractivity contribution < 1.29 is 14.3 Å². The van der Waals surface area contributed by atoms with Crippen molar-refractivity contribution in [3.05, 3.63) is 30.3 Å². The van der Waals surface area contributed by atoms with Crippen LogP contribution in [0.25, 0.3) is 0 Å². The quantitative estimate of drug-likeness (QED) is 0.712. The third kappa shape index (κ3) is 3.88. The first kappa shape index (κ1) is 12.5. The molecule has 0 saturated carbocycles. The Morgan fingerprint density at radius 2 is 2.00 bits per heavy atom. The van der Waals surface area contributed by atoms with Crippen molar-refractivity contribution in [1.29, 1.82) is 0 Å². The predicted molar refractivity (Wildman–Crippen MR) is 59.7 cm³/mol. The predicted octanol–water partition coefficient (Wildman–Crippen LogP) is 0.459. The van der Waals surface area contributed by atoms with Crippen molar-refractivity contribution in [2.24, 2.45) is 5.73 Å². The molecular weight excluding hydrogens is 208 g/mol. The van der Waals surface area contributed by atoms with Crippen molar-refractivity contribution >= 4 is 5.91 Å². The summed E-state index contributed by atoms with van der Waals surface area (Å²) in [6.45, 7) is 1.38. The highest BCUT2D eigenvalue weighted by Crippen LogP contribution is 2.11. The van der Waals surface area contributed by atoms with Gasteiger partial charge in [0, 0.05) is 14.0 Å². The van der Waals surface area contributed by atoms with Crippen molar-refractivity contribution in [2.45, 2.75) is 19.4 Å². The molecule has 5 heteroatoms. The van der Waals surface area contributed by atoms with Crippen molar-refractivity contribution in [3.8, 4) is 5.75 Å². The second-order valence-electron chi connectivity index (χ2n) is 3.26. The maximum Gasteiger partial charge on any atom is 0.233 e. The summed E-state index contributed by atoms with van der Waals surface area (Å²) in [5.41, 5.74) is 5.70. The van der Waals surface area contributed by atoms with Gasteiger partial charge in [0.15, 0.2) is 0 Å². The van der Waals surface area contributed by atoms with Crippen LogP contribution in [-0.2, 0) is 9.53 Å². The summed E-state index contributed by atoms with van der Waals surface area (Å²) in [7, 11) is 1.47. The SMILES string of the molecule is COC(Oc1ccccc1)C(N)NC(C)=O. The van der Waals surface area contributed by atoms with Gasteiger partial charge in [0.1, 0.15) is 11.9 Å². The minimum absolute atomic E-state index is 0.230. The fourth-order valence-electron chi connectivity index (χ4n) is 1.20. The van der Waals surface area contributed by atoms with Gasteiger partial charge in [0.2, 0.25) is 12.2 Å². The third-order valence-electron chi connectivity index (χ3n) is 1.89. The van der Waals surface area contributed by atoms with Gasteiger partial charge >= 0.3 is 0 Å². The highest BCUT2D eigenvalue weighted by atomic mass is 16.7. The standard InChI is InChI=1S/C11H16N2O3/c1-8(14)13-10(12)11(15-2)16-9-6-4-3-5-7-9/h3-7,10-11H,12H2,1-2H3,(H,13,14). The van der Waals surface area contributed by atoms with Crippen LogP contribution in [0.3, 0.4) is 0 Å².